The topological polar surface area (TPSA) is 111 Å². The van der Waals surface area contributed by atoms with E-state index >= 15 is 0 Å². The van der Waals surface area contributed by atoms with Gasteiger partial charge >= 0.3 is 5.97 Å². The minimum atomic E-state index is -1.22. The summed E-state index contributed by atoms with van der Waals surface area (Å²) >= 11 is 0. The maximum atomic E-state index is 14.2. The first kappa shape index (κ1) is 17.3. The summed E-state index contributed by atoms with van der Waals surface area (Å²) in [5.74, 6) is -1.76. The van der Waals surface area contributed by atoms with Crippen molar-refractivity contribution < 1.29 is 19.2 Å². The summed E-state index contributed by atoms with van der Waals surface area (Å²) in [5.41, 5.74) is 0.559. The van der Waals surface area contributed by atoms with Gasteiger partial charge in [-0.1, -0.05) is 24.3 Å². The fraction of sp³-hybridized carbons (Fsp3) is 0. The van der Waals surface area contributed by atoms with Crippen LogP contribution in [0.25, 0.3) is 28.0 Å². The number of para-hydroxylation sites is 1. The molecule has 0 spiro atoms. The lowest BCUT2D eigenvalue weighted by Gasteiger charge is -2.08. The summed E-state index contributed by atoms with van der Waals surface area (Å²) in [6, 6.07) is 12.9. The van der Waals surface area contributed by atoms with Crippen LogP contribution in [-0.4, -0.2) is 30.8 Å². The van der Waals surface area contributed by atoms with Crippen LogP contribution in [0.15, 0.2) is 60.8 Å². The zero-order valence-corrected chi connectivity index (χ0v) is 14.1. The van der Waals surface area contributed by atoms with Crippen LogP contribution in [0.2, 0.25) is 0 Å². The fourth-order valence-electron chi connectivity index (χ4n) is 2.90. The first-order chi connectivity index (χ1) is 13.5. The molecule has 9 heteroatoms. The molecule has 2 aromatic carbocycles. The van der Waals surface area contributed by atoms with Crippen molar-refractivity contribution >= 4 is 22.7 Å². The van der Waals surface area contributed by atoms with Crippen LogP contribution in [0.4, 0.5) is 10.1 Å². The summed E-state index contributed by atoms with van der Waals surface area (Å²) in [5, 5.41) is 24.9. The standard InChI is InChI=1S/C19H11FN4O4/c20-15-6-1-2-7-17(15)23-18-14(10-21-23)13(19(25)26)9-16(22-18)11-4-3-5-12(8-11)24(27)28/h1-10H,(H,25,26). The third-order valence-corrected chi connectivity index (χ3v) is 4.21. The Bertz CT molecular complexity index is 1250. The van der Waals surface area contributed by atoms with Gasteiger partial charge in [-0.15, -0.1) is 0 Å². The predicted molar refractivity (Wildman–Crippen MR) is 97.9 cm³/mol. The second-order valence-corrected chi connectivity index (χ2v) is 5.91. The minimum Gasteiger partial charge on any atom is -0.478 e. The fourth-order valence-corrected chi connectivity index (χ4v) is 2.90. The average Bonchev–Trinajstić information content (AvgIpc) is 3.11. The number of rotatable bonds is 4. The van der Waals surface area contributed by atoms with Gasteiger partial charge in [0, 0.05) is 17.7 Å². The number of benzene rings is 2. The molecule has 0 fully saturated rings. The van der Waals surface area contributed by atoms with Gasteiger partial charge in [-0.3, -0.25) is 10.1 Å². The zero-order valence-electron chi connectivity index (χ0n) is 14.1. The Labute approximate surface area is 156 Å². The molecule has 1 N–H and O–H groups in total. The molecule has 0 amide bonds. The number of non-ortho nitro benzene ring substituents is 1. The Morgan fingerprint density at radius 2 is 1.93 bits per heavy atom. The van der Waals surface area contributed by atoms with Gasteiger partial charge in [-0.2, -0.15) is 5.10 Å². The molecule has 0 aliphatic rings. The molecule has 0 aliphatic heterocycles. The van der Waals surface area contributed by atoms with Crippen molar-refractivity contribution in [1.29, 1.82) is 0 Å². The van der Waals surface area contributed by atoms with Gasteiger partial charge in [0.25, 0.3) is 5.69 Å². The summed E-state index contributed by atoms with van der Waals surface area (Å²) in [4.78, 5) is 26.6. The maximum Gasteiger partial charge on any atom is 0.336 e. The van der Waals surface area contributed by atoms with E-state index in [1.807, 2.05) is 0 Å². The SMILES string of the molecule is O=C(O)c1cc(-c2cccc([N+](=O)[O-])c2)nc2c1cnn2-c1ccccc1F. The molecule has 0 aliphatic carbocycles. The van der Waals surface area contributed by atoms with Gasteiger partial charge in [-0.05, 0) is 18.2 Å². The molecule has 0 saturated heterocycles. The van der Waals surface area contributed by atoms with E-state index in [-0.39, 0.29) is 33.7 Å². The molecule has 0 bridgehead atoms. The number of carboxylic acids is 1. The molecule has 0 radical (unpaired) electrons. The molecule has 28 heavy (non-hydrogen) atoms. The average molecular weight is 378 g/mol. The summed E-state index contributed by atoms with van der Waals surface area (Å²) in [6.45, 7) is 0. The smallest absolute Gasteiger partial charge is 0.336 e. The highest BCUT2D eigenvalue weighted by Crippen LogP contribution is 2.28. The van der Waals surface area contributed by atoms with Crippen molar-refractivity contribution in [2.45, 2.75) is 0 Å². The molecule has 2 aromatic heterocycles. The number of pyridine rings is 1. The third-order valence-electron chi connectivity index (χ3n) is 4.21. The highest BCUT2D eigenvalue weighted by molar-refractivity contribution is 6.03. The lowest BCUT2D eigenvalue weighted by molar-refractivity contribution is -0.384. The summed E-state index contributed by atoms with van der Waals surface area (Å²) in [6.07, 6.45) is 1.30. The van der Waals surface area contributed by atoms with E-state index in [9.17, 15) is 24.4 Å². The largest absolute Gasteiger partial charge is 0.478 e. The third kappa shape index (κ3) is 2.84. The molecule has 0 saturated carbocycles. The normalized spacial score (nSPS) is 10.9. The Balaban J connectivity index is 2.00. The van der Waals surface area contributed by atoms with E-state index in [2.05, 4.69) is 10.1 Å². The summed E-state index contributed by atoms with van der Waals surface area (Å²) in [7, 11) is 0. The van der Waals surface area contributed by atoms with Crippen molar-refractivity contribution in [3.05, 3.63) is 82.3 Å². The molecule has 138 valence electrons. The highest BCUT2D eigenvalue weighted by atomic mass is 19.1. The van der Waals surface area contributed by atoms with Gasteiger partial charge in [0.15, 0.2) is 5.65 Å². The van der Waals surface area contributed by atoms with Gasteiger partial charge in [0.1, 0.15) is 11.5 Å². The van der Waals surface area contributed by atoms with Crippen LogP contribution >= 0.6 is 0 Å². The van der Waals surface area contributed by atoms with E-state index in [0.29, 0.717) is 5.56 Å². The summed E-state index contributed by atoms with van der Waals surface area (Å²) < 4.78 is 15.4. The zero-order chi connectivity index (χ0) is 19.8. The van der Waals surface area contributed by atoms with Crippen LogP contribution in [0.5, 0.6) is 0 Å². The van der Waals surface area contributed by atoms with Crippen LogP contribution in [0, 0.1) is 15.9 Å². The lowest BCUT2D eigenvalue weighted by atomic mass is 10.1. The molecular formula is C19H11FN4O4. The number of fused-ring (bicyclic) bond motifs is 1. The number of carbonyl (C=O) groups is 1. The van der Waals surface area contributed by atoms with Crippen molar-refractivity contribution in [3.8, 4) is 16.9 Å². The molecule has 8 nitrogen and oxygen atoms in total. The predicted octanol–water partition coefficient (Wildman–Crippen LogP) is 3.83. The van der Waals surface area contributed by atoms with Crippen LogP contribution < -0.4 is 0 Å². The lowest BCUT2D eigenvalue weighted by Crippen LogP contribution is -2.04. The van der Waals surface area contributed by atoms with Gasteiger partial charge < -0.3 is 5.11 Å². The molecule has 4 rings (SSSR count). The highest BCUT2D eigenvalue weighted by Gasteiger charge is 2.19. The molecule has 4 aromatic rings. The van der Waals surface area contributed by atoms with Gasteiger partial charge in [0.05, 0.1) is 27.8 Å². The quantitative estimate of drug-likeness (QED) is 0.427. The number of carboxylic acid groups (broad SMARTS) is 1. The molecule has 2 heterocycles. The first-order valence-electron chi connectivity index (χ1n) is 8.07. The van der Waals surface area contributed by atoms with Crippen LogP contribution in [0.1, 0.15) is 10.4 Å². The van der Waals surface area contributed by atoms with E-state index in [4.69, 9.17) is 0 Å². The van der Waals surface area contributed by atoms with E-state index in [0.717, 1.165) is 0 Å². The number of hydrogen-bond donors (Lipinski definition) is 1. The second kappa shape index (κ2) is 6.54. The van der Waals surface area contributed by atoms with E-state index < -0.39 is 16.7 Å². The Morgan fingerprint density at radius 3 is 2.64 bits per heavy atom. The number of aromatic carboxylic acids is 1. The molecule has 0 atom stereocenters. The van der Waals surface area contributed by atoms with Crippen molar-refractivity contribution in [2.24, 2.45) is 0 Å². The Kier molecular flexibility index (Phi) is 4.04. The molecule has 0 unspecified atom stereocenters. The number of aromatic nitrogens is 3. The van der Waals surface area contributed by atoms with Gasteiger partial charge in [-0.25, -0.2) is 18.9 Å². The van der Waals surface area contributed by atoms with E-state index in [1.165, 1.54) is 53.3 Å². The Hall–Kier alpha value is -4.14. The van der Waals surface area contributed by atoms with Crippen LogP contribution in [-0.2, 0) is 0 Å². The number of nitro groups is 1. The molecular weight excluding hydrogens is 367 g/mol. The van der Waals surface area contributed by atoms with Crippen molar-refractivity contribution in [2.75, 3.05) is 0 Å². The second-order valence-electron chi connectivity index (χ2n) is 5.91. The minimum absolute atomic E-state index is 0.0888. The number of hydrogen-bond acceptors (Lipinski definition) is 5. The first-order valence-corrected chi connectivity index (χ1v) is 8.07. The Morgan fingerprint density at radius 1 is 1.14 bits per heavy atom. The van der Waals surface area contributed by atoms with Crippen molar-refractivity contribution in [1.82, 2.24) is 14.8 Å². The monoisotopic (exact) mass is 378 g/mol. The van der Waals surface area contributed by atoms with Crippen LogP contribution in [0.3, 0.4) is 0 Å². The maximum absolute atomic E-state index is 14.2. The van der Waals surface area contributed by atoms with Crippen molar-refractivity contribution in [3.63, 3.8) is 0 Å². The number of nitrogens with zero attached hydrogens (tertiary/aromatic N) is 4. The number of halogens is 1. The van der Waals surface area contributed by atoms with E-state index in [1.54, 1.807) is 12.1 Å². The number of nitro benzene ring substituents is 1. The van der Waals surface area contributed by atoms with Gasteiger partial charge in [0.2, 0.25) is 0 Å².